The van der Waals surface area contributed by atoms with Gasteiger partial charge in [0.2, 0.25) is 0 Å². The number of nitrogens with two attached hydrogens (primary N) is 1. The number of benzene rings is 1. The van der Waals surface area contributed by atoms with Gasteiger partial charge in [0, 0.05) is 18.9 Å². The van der Waals surface area contributed by atoms with Gasteiger partial charge in [-0.05, 0) is 19.4 Å². The van der Waals surface area contributed by atoms with Crippen LogP contribution in [0.5, 0.6) is 0 Å². The SMILES string of the molecule is Cc1cc(C)cc(CNc2nccn(C(=N)N)c2=N)c1. The normalized spacial score (nSPS) is 10.3. The van der Waals surface area contributed by atoms with Gasteiger partial charge in [-0.1, -0.05) is 29.3 Å². The highest BCUT2D eigenvalue weighted by Gasteiger charge is 2.03. The number of nitrogens with zero attached hydrogens (tertiary/aromatic N) is 2. The quantitative estimate of drug-likeness (QED) is 0.499. The van der Waals surface area contributed by atoms with Gasteiger partial charge in [0.05, 0.1) is 0 Å². The summed E-state index contributed by atoms with van der Waals surface area (Å²) in [7, 11) is 0. The van der Waals surface area contributed by atoms with Crippen LogP contribution in [0, 0.1) is 24.7 Å². The van der Waals surface area contributed by atoms with Crippen LogP contribution in [0.1, 0.15) is 16.7 Å². The second-order valence-corrected chi connectivity index (χ2v) is 4.73. The van der Waals surface area contributed by atoms with Gasteiger partial charge >= 0.3 is 0 Å². The molecule has 0 aliphatic carbocycles. The minimum atomic E-state index is -0.202. The van der Waals surface area contributed by atoms with E-state index in [1.54, 1.807) is 0 Å². The van der Waals surface area contributed by atoms with Crippen LogP contribution in [0.4, 0.5) is 5.82 Å². The van der Waals surface area contributed by atoms with Crippen molar-refractivity contribution in [3.05, 3.63) is 52.8 Å². The Hall–Kier alpha value is -2.63. The van der Waals surface area contributed by atoms with Crippen LogP contribution >= 0.6 is 0 Å². The summed E-state index contributed by atoms with van der Waals surface area (Å²) >= 11 is 0. The zero-order valence-electron chi connectivity index (χ0n) is 11.6. The second kappa shape index (κ2) is 5.56. The van der Waals surface area contributed by atoms with Crippen LogP contribution in [-0.2, 0) is 6.54 Å². The van der Waals surface area contributed by atoms with Crippen LogP contribution in [0.25, 0.3) is 0 Å². The summed E-state index contributed by atoms with van der Waals surface area (Å²) in [6.07, 6.45) is 3.01. The van der Waals surface area contributed by atoms with Crippen LogP contribution < -0.4 is 16.5 Å². The number of nitrogens with one attached hydrogen (secondary N) is 3. The Kier molecular flexibility index (Phi) is 3.84. The Bertz CT molecular complexity index is 681. The maximum atomic E-state index is 7.94. The lowest BCUT2D eigenvalue weighted by atomic mass is 10.1. The zero-order chi connectivity index (χ0) is 14.7. The molecule has 0 aliphatic heterocycles. The predicted octanol–water partition coefficient (Wildman–Crippen LogP) is 1.33. The molecule has 0 aliphatic rings. The third-order valence-electron chi connectivity index (χ3n) is 2.89. The van der Waals surface area contributed by atoms with E-state index in [1.165, 1.54) is 28.1 Å². The van der Waals surface area contributed by atoms with Crippen LogP contribution in [0.15, 0.2) is 30.6 Å². The maximum absolute atomic E-state index is 7.94. The molecule has 0 spiro atoms. The lowest BCUT2D eigenvalue weighted by Crippen LogP contribution is -2.33. The highest BCUT2D eigenvalue weighted by Crippen LogP contribution is 2.09. The molecule has 0 bridgehead atoms. The van der Waals surface area contributed by atoms with Crippen molar-refractivity contribution < 1.29 is 0 Å². The molecule has 0 saturated heterocycles. The fraction of sp³-hybridized carbons (Fsp3) is 0.214. The van der Waals surface area contributed by atoms with E-state index in [2.05, 4.69) is 42.3 Å². The molecule has 2 rings (SSSR count). The molecule has 1 aromatic heterocycles. The molecule has 2 aromatic rings. The zero-order valence-corrected chi connectivity index (χ0v) is 11.6. The van der Waals surface area contributed by atoms with E-state index in [9.17, 15) is 0 Å². The predicted molar refractivity (Wildman–Crippen MR) is 78.6 cm³/mol. The summed E-state index contributed by atoms with van der Waals surface area (Å²) in [4.78, 5) is 4.11. The van der Waals surface area contributed by atoms with Crippen molar-refractivity contribution in [3.63, 3.8) is 0 Å². The van der Waals surface area contributed by atoms with E-state index in [0.717, 1.165) is 5.56 Å². The van der Waals surface area contributed by atoms with Crippen LogP contribution in [0.3, 0.4) is 0 Å². The summed E-state index contributed by atoms with van der Waals surface area (Å²) in [6, 6.07) is 6.29. The number of nitrogen functional groups attached to an aromatic ring is 1. The van der Waals surface area contributed by atoms with Crippen molar-refractivity contribution in [2.24, 2.45) is 5.73 Å². The van der Waals surface area contributed by atoms with E-state index in [1.807, 2.05) is 0 Å². The van der Waals surface area contributed by atoms with Gasteiger partial charge in [-0.15, -0.1) is 0 Å². The number of rotatable bonds is 3. The van der Waals surface area contributed by atoms with Gasteiger partial charge in [-0.3, -0.25) is 15.4 Å². The van der Waals surface area contributed by atoms with E-state index in [-0.39, 0.29) is 11.4 Å². The molecule has 20 heavy (non-hydrogen) atoms. The lowest BCUT2D eigenvalue weighted by molar-refractivity contribution is 0.912. The lowest BCUT2D eigenvalue weighted by Gasteiger charge is -2.10. The maximum Gasteiger partial charge on any atom is 0.198 e. The topological polar surface area (TPSA) is 104 Å². The molecule has 0 saturated carbocycles. The Labute approximate surface area is 117 Å². The summed E-state index contributed by atoms with van der Waals surface area (Å²) in [5, 5.41) is 18.4. The highest BCUT2D eigenvalue weighted by atomic mass is 15.2. The molecular weight excluding hydrogens is 252 g/mol. The number of aryl methyl sites for hydroxylation is 2. The molecule has 0 atom stereocenters. The first-order valence-corrected chi connectivity index (χ1v) is 6.25. The Balaban J connectivity index is 2.21. The molecule has 1 aromatic carbocycles. The van der Waals surface area contributed by atoms with Gasteiger partial charge in [0.1, 0.15) is 0 Å². The summed E-state index contributed by atoms with van der Waals surface area (Å²) in [5.41, 5.74) is 9.00. The first-order valence-electron chi connectivity index (χ1n) is 6.25. The van der Waals surface area contributed by atoms with Crippen LogP contribution in [0.2, 0.25) is 0 Å². The molecule has 0 unspecified atom stereocenters. The first kappa shape index (κ1) is 13.8. The van der Waals surface area contributed by atoms with Gasteiger partial charge < -0.3 is 11.1 Å². The number of aromatic nitrogens is 2. The second-order valence-electron chi connectivity index (χ2n) is 4.73. The largest absolute Gasteiger partial charge is 0.369 e. The third-order valence-corrected chi connectivity index (χ3v) is 2.89. The van der Waals surface area contributed by atoms with Crippen molar-refractivity contribution in [2.75, 3.05) is 5.32 Å². The summed E-state index contributed by atoms with van der Waals surface area (Å²) in [5.74, 6) is 0.203. The molecular formula is C14H18N6. The molecule has 0 radical (unpaired) electrons. The van der Waals surface area contributed by atoms with Gasteiger partial charge in [0.15, 0.2) is 17.3 Å². The summed E-state index contributed by atoms with van der Waals surface area (Å²) in [6.45, 7) is 4.68. The van der Waals surface area contributed by atoms with Gasteiger partial charge in [-0.2, -0.15) is 0 Å². The Morgan fingerprint density at radius 2 is 1.95 bits per heavy atom. The van der Waals surface area contributed by atoms with E-state index in [4.69, 9.17) is 16.6 Å². The average Bonchev–Trinajstić information content (AvgIpc) is 2.36. The number of hydrogen-bond acceptors (Lipinski definition) is 4. The van der Waals surface area contributed by atoms with Crippen molar-refractivity contribution in [3.8, 4) is 0 Å². The molecule has 6 nitrogen and oxygen atoms in total. The highest BCUT2D eigenvalue weighted by molar-refractivity contribution is 5.77. The molecule has 104 valence electrons. The fourth-order valence-electron chi connectivity index (χ4n) is 2.11. The standard InChI is InChI=1S/C14H18N6/c1-9-5-10(2)7-11(6-9)8-19-13-12(15)20(14(16)17)4-3-18-13/h3-7,15H,8H2,1-2H3,(H3,16,17)(H,18,19). The Morgan fingerprint density at radius 1 is 1.30 bits per heavy atom. The number of anilines is 1. The minimum absolute atomic E-state index is 0.0735. The molecule has 1 heterocycles. The molecule has 5 N–H and O–H groups in total. The van der Waals surface area contributed by atoms with Crippen molar-refractivity contribution in [2.45, 2.75) is 20.4 Å². The van der Waals surface area contributed by atoms with E-state index in [0.29, 0.717) is 12.4 Å². The Morgan fingerprint density at radius 3 is 2.55 bits per heavy atom. The molecule has 6 heteroatoms. The first-order chi connectivity index (χ1) is 9.47. The average molecular weight is 270 g/mol. The molecule has 0 amide bonds. The van der Waals surface area contributed by atoms with Crippen molar-refractivity contribution >= 4 is 11.8 Å². The van der Waals surface area contributed by atoms with Gasteiger partial charge in [0.25, 0.3) is 0 Å². The van der Waals surface area contributed by atoms with Gasteiger partial charge in [-0.25, -0.2) is 4.98 Å². The third kappa shape index (κ3) is 3.03. The van der Waals surface area contributed by atoms with E-state index >= 15 is 0 Å². The van der Waals surface area contributed by atoms with Crippen molar-refractivity contribution in [1.82, 2.24) is 9.55 Å². The summed E-state index contributed by atoms with van der Waals surface area (Å²) < 4.78 is 1.26. The fourth-order valence-corrected chi connectivity index (χ4v) is 2.11. The minimum Gasteiger partial charge on any atom is -0.369 e. The monoisotopic (exact) mass is 270 g/mol. The van der Waals surface area contributed by atoms with E-state index < -0.39 is 0 Å². The molecule has 0 fully saturated rings. The number of hydrogen-bond donors (Lipinski definition) is 4. The smallest absolute Gasteiger partial charge is 0.198 e. The van der Waals surface area contributed by atoms with Crippen LogP contribution in [-0.4, -0.2) is 15.5 Å². The van der Waals surface area contributed by atoms with Crippen molar-refractivity contribution in [1.29, 1.82) is 10.8 Å².